The Balaban J connectivity index is 2.85. The second-order valence-electron chi connectivity index (χ2n) is 3.94. The first-order valence-corrected chi connectivity index (χ1v) is 5.33. The van der Waals surface area contributed by atoms with Crippen LogP contribution in [0.3, 0.4) is 0 Å². The van der Waals surface area contributed by atoms with E-state index < -0.39 is 0 Å². The van der Waals surface area contributed by atoms with Gasteiger partial charge in [-0.2, -0.15) is 0 Å². The van der Waals surface area contributed by atoms with E-state index in [0.29, 0.717) is 12.3 Å². The fourth-order valence-corrected chi connectivity index (χ4v) is 1.70. The molecule has 0 saturated carbocycles. The Morgan fingerprint density at radius 1 is 1.57 bits per heavy atom. The van der Waals surface area contributed by atoms with Crippen molar-refractivity contribution in [2.24, 2.45) is 5.92 Å². The molecule has 14 heavy (non-hydrogen) atoms. The van der Waals surface area contributed by atoms with Gasteiger partial charge in [0.1, 0.15) is 0 Å². The van der Waals surface area contributed by atoms with Crippen molar-refractivity contribution in [3.8, 4) is 0 Å². The zero-order valence-electron chi connectivity index (χ0n) is 8.66. The van der Waals surface area contributed by atoms with Crippen LogP contribution < -0.4 is 0 Å². The average Bonchev–Trinajstić information content (AvgIpc) is 2.06. The Morgan fingerprint density at radius 2 is 2.29 bits per heavy atom. The van der Waals surface area contributed by atoms with Crippen molar-refractivity contribution in [2.75, 3.05) is 0 Å². The molecule has 0 saturated heterocycles. The molecule has 0 aromatic carbocycles. The van der Waals surface area contributed by atoms with Gasteiger partial charge in [-0.05, 0) is 0 Å². The third kappa shape index (κ3) is 3.66. The van der Waals surface area contributed by atoms with E-state index in [4.69, 9.17) is 0 Å². The van der Waals surface area contributed by atoms with Gasteiger partial charge in [0, 0.05) is 0 Å². The summed E-state index contributed by atoms with van der Waals surface area (Å²) in [5.41, 5.74) is 2.38. The first kappa shape index (κ1) is 11.5. The molecule has 1 aromatic rings. The monoisotopic (exact) mass is 206 g/mol. The van der Waals surface area contributed by atoms with Gasteiger partial charge in [-0.3, -0.25) is 0 Å². The average molecular weight is 206 g/mol. The van der Waals surface area contributed by atoms with E-state index in [2.05, 4.69) is 33.4 Å². The van der Waals surface area contributed by atoms with Crippen molar-refractivity contribution in [1.82, 2.24) is 0 Å². The van der Waals surface area contributed by atoms with Crippen LogP contribution in [-0.4, -0.2) is 12.0 Å². The molecule has 0 unspecified atom stereocenters. The van der Waals surface area contributed by atoms with Crippen molar-refractivity contribution in [1.29, 1.82) is 0 Å². The van der Waals surface area contributed by atoms with Gasteiger partial charge in [-0.25, -0.2) is 0 Å². The maximum absolute atomic E-state index is 10.9. The minimum absolute atomic E-state index is 0.0683. The van der Waals surface area contributed by atoms with E-state index in [1.54, 1.807) is 0 Å². The fourth-order valence-electron chi connectivity index (χ4n) is 1.53. The van der Waals surface area contributed by atoms with E-state index in [9.17, 15) is 4.79 Å². The van der Waals surface area contributed by atoms with Crippen LogP contribution in [0.5, 0.6) is 0 Å². The standard InChI is InChI=1S/C11H15BOS/c1-8(2)6-10-9(7-11(13)14)4-3-5-12-10/h3-5,8H,6-7H2,1-2H3,(H,13,14). The van der Waals surface area contributed by atoms with Crippen molar-refractivity contribution >= 4 is 24.7 Å². The zero-order chi connectivity index (χ0) is 10.6. The Bertz CT molecular complexity index is 323. The molecule has 3 heteroatoms. The van der Waals surface area contributed by atoms with E-state index in [0.717, 1.165) is 12.0 Å². The Hall–Kier alpha value is -0.565. The second-order valence-corrected chi connectivity index (χ2v) is 4.44. The number of hydrogen-bond donors (Lipinski definition) is 1. The molecule has 0 aliphatic heterocycles. The van der Waals surface area contributed by atoms with Crippen LogP contribution in [0.15, 0.2) is 18.1 Å². The van der Waals surface area contributed by atoms with Gasteiger partial charge < -0.3 is 0 Å². The van der Waals surface area contributed by atoms with E-state index >= 15 is 0 Å². The molecule has 0 spiro atoms. The molecule has 0 N–H and O–H groups in total. The summed E-state index contributed by atoms with van der Waals surface area (Å²) < 4.78 is 0. The Kier molecular flexibility index (Phi) is 4.40. The van der Waals surface area contributed by atoms with Crippen LogP contribution in [0, 0.1) is 5.92 Å². The Labute approximate surface area is 91.5 Å². The first-order valence-electron chi connectivity index (χ1n) is 4.88. The summed E-state index contributed by atoms with van der Waals surface area (Å²) in [5.74, 6) is 2.63. The molecule has 0 radical (unpaired) electrons. The quantitative estimate of drug-likeness (QED) is 0.747. The molecule has 1 rings (SSSR count). The molecule has 1 heterocycles. The van der Waals surface area contributed by atoms with Gasteiger partial charge >= 0.3 is 91.2 Å². The van der Waals surface area contributed by atoms with E-state index in [1.165, 1.54) is 5.46 Å². The summed E-state index contributed by atoms with van der Waals surface area (Å²) in [7, 11) is 0. The van der Waals surface area contributed by atoms with Crippen LogP contribution >= 0.6 is 12.6 Å². The molecule has 0 amide bonds. The van der Waals surface area contributed by atoms with Crippen molar-refractivity contribution in [3.63, 3.8) is 0 Å². The SMILES string of the molecule is CC(C)Cc1bcccc1CC(=O)S. The summed E-state index contributed by atoms with van der Waals surface area (Å²) in [5, 5.41) is -0.0683. The minimum atomic E-state index is -0.0683. The van der Waals surface area contributed by atoms with Crippen LogP contribution in [0.1, 0.15) is 24.9 Å². The van der Waals surface area contributed by atoms with Crippen molar-refractivity contribution in [2.45, 2.75) is 26.7 Å². The van der Waals surface area contributed by atoms with Gasteiger partial charge in [0.05, 0.1) is 0 Å². The summed E-state index contributed by atoms with van der Waals surface area (Å²) >= 11 is 3.81. The molecular formula is C11H15BOS. The van der Waals surface area contributed by atoms with Gasteiger partial charge in [0.2, 0.25) is 0 Å². The van der Waals surface area contributed by atoms with Crippen LogP contribution in [-0.2, 0) is 17.6 Å². The van der Waals surface area contributed by atoms with Gasteiger partial charge in [-0.1, -0.05) is 0 Å². The van der Waals surface area contributed by atoms with Crippen molar-refractivity contribution < 1.29 is 4.79 Å². The maximum atomic E-state index is 10.9. The molecular weight excluding hydrogens is 191 g/mol. The number of rotatable bonds is 4. The predicted octanol–water partition coefficient (Wildman–Crippen LogP) is 2.22. The summed E-state index contributed by atoms with van der Waals surface area (Å²) in [6, 6.07) is 3.97. The molecule has 1 aromatic heterocycles. The molecule has 0 atom stereocenters. The molecule has 74 valence electrons. The number of thiol groups is 1. The topological polar surface area (TPSA) is 17.1 Å². The molecule has 1 nitrogen and oxygen atoms in total. The first-order chi connectivity index (χ1) is 6.59. The summed E-state index contributed by atoms with van der Waals surface area (Å²) in [4.78, 5) is 10.9. The molecule has 0 aliphatic rings. The second kappa shape index (κ2) is 5.35. The van der Waals surface area contributed by atoms with Crippen LogP contribution in [0.4, 0.5) is 0 Å². The van der Waals surface area contributed by atoms with E-state index in [1.807, 2.05) is 18.1 Å². The predicted molar refractivity (Wildman–Crippen MR) is 64.0 cm³/mol. The number of carbonyl (C=O) groups excluding carboxylic acids is 1. The third-order valence-corrected chi connectivity index (χ3v) is 2.25. The van der Waals surface area contributed by atoms with Gasteiger partial charge in [-0.15, -0.1) is 0 Å². The normalized spacial score (nSPS) is 10.3. The summed E-state index contributed by atoms with van der Waals surface area (Å²) in [6.07, 6.45) is 1.46. The van der Waals surface area contributed by atoms with Crippen LogP contribution in [0.25, 0.3) is 0 Å². The Morgan fingerprint density at radius 3 is 2.86 bits per heavy atom. The zero-order valence-corrected chi connectivity index (χ0v) is 9.55. The van der Waals surface area contributed by atoms with Gasteiger partial charge in [0.15, 0.2) is 0 Å². The number of carbonyl (C=O) groups is 1. The van der Waals surface area contributed by atoms with Crippen molar-refractivity contribution in [3.05, 3.63) is 29.1 Å². The van der Waals surface area contributed by atoms with Gasteiger partial charge in [0.25, 0.3) is 0 Å². The third-order valence-electron chi connectivity index (χ3n) is 2.09. The van der Waals surface area contributed by atoms with Crippen LogP contribution in [0.2, 0.25) is 0 Å². The van der Waals surface area contributed by atoms with E-state index in [-0.39, 0.29) is 5.12 Å². The number of hydrogen-bond acceptors (Lipinski definition) is 1. The molecule has 0 bridgehead atoms. The fraction of sp³-hybridized carbons (Fsp3) is 0.455. The molecule has 0 aliphatic carbocycles. The molecule has 0 fully saturated rings. The summed E-state index contributed by atoms with van der Waals surface area (Å²) in [6.45, 7) is 6.45.